The van der Waals surface area contributed by atoms with Crippen molar-refractivity contribution >= 4 is 17.1 Å². The lowest BCUT2D eigenvalue weighted by molar-refractivity contribution is -0.0427. The Morgan fingerprint density at radius 2 is 2.29 bits per heavy atom. The molecule has 126 valence electrons. The highest BCUT2D eigenvalue weighted by molar-refractivity contribution is 5.76. The van der Waals surface area contributed by atoms with Gasteiger partial charge in [-0.1, -0.05) is 0 Å². The number of nitrogens with one attached hydrogen (secondary N) is 1. The van der Waals surface area contributed by atoms with Crippen LogP contribution in [0.5, 0.6) is 0 Å². The molecule has 10 nitrogen and oxygen atoms in total. The molecule has 3 aromatic heterocycles. The maximum Gasteiger partial charge on any atom is 0.280 e. The largest absolute Gasteiger partial charge is 0.461 e. The summed E-state index contributed by atoms with van der Waals surface area (Å²) in [5, 5.41) is 19.3. The fourth-order valence-corrected chi connectivity index (χ4v) is 2.89. The van der Waals surface area contributed by atoms with Crippen LogP contribution in [-0.4, -0.2) is 48.5 Å². The molecule has 0 amide bonds. The summed E-state index contributed by atoms with van der Waals surface area (Å²) in [6.07, 6.45) is -0.557. The van der Waals surface area contributed by atoms with Crippen molar-refractivity contribution in [3.05, 3.63) is 28.7 Å². The first-order chi connectivity index (χ1) is 11.6. The molecule has 5 N–H and O–H groups in total. The van der Waals surface area contributed by atoms with Gasteiger partial charge in [0, 0.05) is 6.42 Å². The number of aromatic amines is 1. The van der Waals surface area contributed by atoms with E-state index in [9.17, 15) is 15.0 Å². The number of fused-ring (bicyclic) bond motifs is 1. The van der Waals surface area contributed by atoms with Crippen molar-refractivity contribution in [1.82, 2.24) is 19.5 Å². The van der Waals surface area contributed by atoms with Crippen LogP contribution in [0.4, 0.5) is 5.95 Å². The molecule has 10 heteroatoms. The lowest BCUT2D eigenvalue weighted by atomic mass is 10.2. The number of imidazole rings is 1. The van der Waals surface area contributed by atoms with Gasteiger partial charge >= 0.3 is 0 Å². The number of rotatable bonds is 3. The highest BCUT2D eigenvalue weighted by Gasteiger charge is 2.37. The third kappa shape index (κ3) is 2.19. The fraction of sp³-hybridized carbons (Fsp3) is 0.357. The molecule has 1 aliphatic rings. The Morgan fingerprint density at radius 1 is 1.46 bits per heavy atom. The maximum absolute atomic E-state index is 12.1. The zero-order valence-corrected chi connectivity index (χ0v) is 12.4. The molecular weight excluding hydrogens is 318 g/mol. The second kappa shape index (κ2) is 5.44. The molecular formula is C14H15N5O5. The smallest absolute Gasteiger partial charge is 0.280 e. The third-order valence-electron chi connectivity index (χ3n) is 3.98. The van der Waals surface area contributed by atoms with Crippen molar-refractivity contribution in [2.24, 2.45) is 0 Å². The molecule has 3 aromatic rings. The summed E-state index contributed by atoms with van der Waals surface area (Å²) in [5.41, 5.74) is 5.46. The van der Waals surface area contributed by atoms with E-state index in [0.29, 0.717) is 11.6 Å². The summed E-state index contributed by atoms with van der Waals surface area (Å²) in [7, 11) is 0. The van der Waals surface area contributed by atoms with E-state index in [1.165, 1.54) is 6.26 Å². The average molecular weight is 333 g/mol. The lowest BCUT2D eigenvalue weighted by Crippen LogP contribution is -2.24. The van der Waals surface area contributed by atoms with Crippen LogP contribution in [0.15, 0.2) is 27.6 Å². The summed E-state index contributed by atoms with van der Waals surface area (Å²) in [4.78, 5) is 23.0. The monoisotopic (exact) mass is 333 g/mol. The van der Waals surface area contributed by atoms with Crippen LogP contribution in [0.3, 0.4) is 0 Å². The standard InChI is InChI=1S/C14H15N5O5/c15-14-17-12-10(13(22)18-14)16-11(7-2-1-3-23-7)19(12)9-4-6(21)8(5-20)24-9/h1-3,6,8-9,20-21H,4-5H2,(H3,15,17,18,22). The zero-order valence-electron chi connectivity index (χ0n) is 12.4. The average Bonchev–Trinajstić information content (AvgIpc) is 3.24. The Labute approximate surface area is 134 Å². The van der Waals surface area contributed by atoms with Crippen LogP contribution in [-0.2, 0) is 4.74 Å². The molecule has 0 bridgehead atoms. The summed E-state index contributed by atoms with van der Waals surface area (Å²) < 4.78 is 12.6. The van der Waals surface area contributed by atoms with Crippen LogP contribution in [0.1, 0.15) is 12.6 Å². The summed E-state index contributed by atoms with van der Waals surface area (Å²) in [6, 6.07) is 3.37. The molecule has 1 saturated heterocycles. The van der Waals surface area contributed by atoms with E-state index in [1.54, 1.807) is 16.7 Å². The van der Waals surface area contributed by atoms with E-state index in [0.717, 1.165) is 0 Å². The van der Waals surface area contributed by atoms with E-state index in [1.807, 2.05) is 0 Å². The van der Waals surface area contributed by atoms with Gasteiger partial charge in [-0.15, -0.1) is 0 Å². The van der Waals surface area contributed by atoms with Gasteiger partial charge in [0.25, 0.3) is 5.56 Å². The number of furan rings is 1. The van der Waals surface area contributed by atoms with Gasteiger partial charge in [0.05, 0.1) is 19.0 Å². The lowest BCUT2D eigenvalue weighted by Gasteiger charge is -2.15. The first-order valence-corrected chi connectivity index (χ1v) is 7.34. The van der Waals surface area contributed by atoms with Crippen LogP contribution in [0.25, 0.3) is 22.7 Å². The highest BCUT2D eigenvalue weighted by atomic mass is 16.5. The van der Waals surface area contributed by atoms with Gasteiger partial charge < -0.3 is 25.1 Å². The molecule has 0 saturated carbocycles. The van der Waals surface area contributed by atoms with Gasteiger partial charge in [0.2, 0.25) is 5.95 Å². The summed E-state index contributed by atoms with van der Waals surface area (Å²) >= 11 is 0. The topological polar surface area (TPSA) is 152 Å². The van der Waals surface area contributed by atoms with E-state index >= 15 is 0 Å². The first kappa shape index (κ1) is 14.9. The molecule has 4 heterocycles. The Bertz CT molecular complexity index is 931. The van der Waals surface area contributed by atoms with Gasteiger partial charge in [-0.25, -0.2) is 4.98 Å². The SMILES string of the molecule is Nc1nc2c(nc(-c3ccco3)n2C2CC(O)C(CO)O2)c(=O)[nH]1. The minimum atomic E-state index is -0.846. The van der Waals surface area contributed by atoms with Crippen LogP contribution >= 0.6 is 0 Å². The number of aliphatic hydroxyl groups is 2. The van der Waals surface area contributed by atoms with Gasteiger partial charge in [0.1, 0.15) is 12.3 Å². The van der Waals surface area contributed by atoms with Crippen LogP contribution in [0, 0.1) is 0 Å². The minimum absolute atomic E-state index is 0.0584. The molecule has 0 radical (unpaired) electrons. The molecule has 24 heavy (non-hydrogen) atoms. The number of nitrogens with two attached hydrogens (primary N) is 1. The Morgan fingerprint density at radius 3 is 2.96 bits per heavy atom. The van der Waals surface area contributed by atoms with Crippen LogP contribution < -0.4 is 11.3 Å². The second-order valence-electron chi connectivity index (χ2n) is 5.52. The molecule has 1 fully saturated rings. The number of ether oxygens (including phenoxy) is 1. The van der Waals surface area contributed by atoms with E-state index in [-0.39, 0.29) is 30.1 Å². The first-order valence-electron chi connectivity index (χ1n) is 7.34. The molecule has 1 aliphatic heterocycles. The van der Waals surface area contributed by atoms with Crippen molar-refractivity contribution in [2.45, 2.75) is 24.9 Å². The van der Waals surface area contributed by atoms with Gasteiger partial charge in [-0.3, -0.25) is 14.3 Å². The highest BCUT2D eigenvalue weighted by Crippen LogP contribution is 2.35. The molecule has 3 unspecified atom stereocenters. The van der Waals surface area contributed by atoms with E-state index < -0.39 is 24.0 Å². The number of nitrogen functional groups attached to an aromatic ring is 1. The van der Waals surface area contributed by atoms with Gasteiger partial charge in [0.15, 0.2) is 22.7 Å². The van der Waals surface area contributed by atoms with Gasteiger partial charge in [-0.05, 0) is 12.1 Å². The number of hydrogen-bond donors (Lipinski definition) is 4. The second-order valence-corrected chi connectivity index (χ2v) is 5.52. The number of nitrogens with zero attached hydrogens (tertiary/aromatic N) is 3. The van der Waals surface area contributed by atoms with Gasteiger partial charge in [-0.2, -0.15) is 4.98 Å². The fourth-order valence-electron chi connectivity index (χ4n) is 2.89. The molecule has 3 atom stereocenters. The van der Waals surface area contributed by atoms with E-state index in [2.05, 4.69) is 15.0 Å². The van der Waals surface area contributed by atoms with Crippen LogP contribution in [0.2, 0.25) is 0 Å². The Kier molecular flexibility index (Phi) is 3.37. The number of H-pyrrole nitrogens is 1. The number of hydrogen-bond acceptors (Lipinski definition) is 8. The third-order valence-corrected chi connectivity index (χ3v) is 3.98. The predicted octanol–water partition coefficient (Wildman–Crippen LogP) is -0.398. The molecule has 0 aliphatic carbocycles. The number of aliphatic hydroxyl groups excluding tert-OH is 2. The quantitative estimate of drug-likeness (QED) is 0.505. The number of aromatic nitrogens is 4. The summed E-state index contributed by atoms with van der Waals surface area (Å²) in [5.74, 6) is 0.683. The Hall–Kier alpha value is -2.69. The van der Waals surface area contributed by atoms with E-state index in [4.69, 9.17) is 14.9 Å². The van der Waals surface area contributed by atoms with Crippen molar-refractivity contribution in [1.29, 1.82) is 0 Å². The predicted molar refractivity (Wildman–Crippen MR) is 81.9 cm³/mol. The molecule has 0 aromatic carbocycles. The maximum atomic E-state index is 12.1. The minimum Gasteiger partial charge on any atom is -0.461 e. The Balaban J connectivity index is 1.95. The van der Waals surface area contributed by atoms with Crippen molar-refractivity contribution in [3.63, 3.8) is 0 Å². The molecule has 0 spiro atoms. The van der Waals surface area contributed by atoms with Crippen molar-refractivity contribution in [3.8, 4) is 11.6 Å². The summed E-state index contributed by atoms with van der Waals surface area (Å²) in [6.45, 7) is -0.323. The van der Waals surface area contributed by atoms with Crippen molar-refractivity contribution < 1.29 is 19.4 Å². The normalized spacial score (nSPS) is 24.0. The zero-order chi connectivity index (χ0) is 16.8. The number of anilines is 1. The molecule has 4 rings (SSSR count). The van der Waals surface area contributed by atoms with Crippen molar-refractivity contribution in [2.75, 3.05) is 12.3 Å².